The van der Waals surface area contributed by atoms with Crippen molar-refractivity contribution in [3.8, 4) is 0 Å². The highest BCUT2D eigenvalue weighted by molar-refractivity contribution is 9.11. The van der Waals surface area contributed by atoms with Crippen molar-refractivity contribution >= 4 is 48.9 Å². The van der Waals surface area contributed by atoms with Crippen LogP contribution in [-0.2, 0) is 16.4 Å². The number of thiophene rings is 1. The van der Waals surface area contributed by atoms with Crippen molar-refractivity contribution in [2.75, 3.05) is 24.5 Å². The lowest BCUT2D eigenvalue weighted by molar-refractivity contribution is 0.0993. The number of amides is 1. The molecular weight excluding hydrogens is 436 g/mol. The van der Waals surface area contributed by atoms with Gasteiger partial charge in [-0.3, -0.25) is 4.79 Å². The van der Waals surface area contributed by atoms with Crippen LogP contribution in [0.5, 0.6) is 0 Å². The molecule has 1 saturated heterocycles. The van der Waals surface area contributed by atoms with Gasteiger partial charge in [0.25, 0.3) is 5.91 Å². The van der Waals surface area contributed by atoms with E-state index < -0.39 is 10.0 Å². The van der Waals surface area contributed by atoms with E-state index in [4.69, 9.17) is 0 Å². The van der Waals surface area contributed by atoms with E-state index in [1.165, 1.54) is 11.3 Å². The van der Waals surface area contributed by atoms with Crippen LogP contribution in [0, 0.1) is 0 Å². The van der Waals surface area contributed by atoms with Crippen molar-refractivity contribution in [2.45, 2.75) is 30.6 Å². The summed E-state index contributed by atoms with van der Waals surface area (Å²) in [5, 5.41) is 0. The average molecular weight is 455 g/mol. The van der Waals surface area contributed by atoms with E-state index >= 15 is 0 Å². The molecule has 3 heterocycles. The normalized spacial score (nSPS) is 18.1. The number of anilines is 1. The summed E-state index contributed by atoms with van der Waals surface area (Å²) < 4.78 is 28.2. The Balaban J connectivity index is 1.61. The molecule has 1 aromatic carbocycles. The Morgan fingerprint density at radius 2 is 1.81 bits per heavy atom. The predicted octanol–water partition coefficient (Wildman–Crippen LogP) is 3.89. The summed E-state index contributed by atoms with van der Waals surface area (Å²) in [6, 6.07) is 8.84. The molecule has 0 atom stereocenters. The number of piperidine rings is 1. The lowest BCUT2D eigenvalue weighted by atomic mass is 10.2. The van der Waals surface area contributed by atoms with Crippen molar-refractivity contribution in [1.29, 1.82) is 0 Å². The number of carbonyl (C=O) groups is 1. The van der Waals surface area contributed by atoms with Gasteiger partial charge < -0.3 is 4.90 Å². The largest absolute Gasteiger partial charge is 0.307 e. The Hall–Kier alpha value is -1.22. The maximum atomic E-state index is 12.9. The van der Waals surface area contributed by atoms with E-state index in [9.17, 15) is 13.2 Å². The molecule has 0 saturated carbocycles. The van der Waals surface area contributed by atoms with E-state index in [0.717, 1.165) is 34.3 Å². The number of hydrogen-bond donors (Lipinski definition) is 0. The van der Waals surface area contributed by atoms with Gasteiger partial charge in [-0.2, -0.15) is 4.31 Å². The molecule has 1 fully saturated rings. The van der Waals surface area contributed by atoms with Crippen molar-refractivity contribution < 1.29 is 13.2 Å². The standard InChI is InChI=1S/C18H19BrN2O3S2/c19-17-7-6-16(25-17)18(22)21-11-8-13-12-14(4-5-15(13)21)26(23,24)20-9-2-1-3-10-20/h4-7,12H,1-3,8-11H2. The Labute approximate surface area is 165 Å². The summed E-state index contributed by atoms with van der Waals surface area (Å²) >= 11 is 4.79. The zero-order valence-corrected chi connectivity index (χ0v) is 17.4. The van der Waals surface area contributed by atoms with Crippen LogP contribution >= 0.6 is 27.3 Å². The average Bonchev–Trinajstić information content (AvgIpc) is 3.27. The summed E-state index contributed by atoms with van der Waals surface area (Å²) in [5.74, 6) is -0.0360. The lowest BCUT2D eigenvalue weighted by Crippen LogP contribution is -2.35. The lowest BCUT2D eigenvalue weighted by Gasteiger charge is -2.26. The third kappa shape index (κ3) is 3.24. The van der Waals surface area contributed by atoms with Crippen molar-refractivity contribution in [2.24, 2.45) is 0 Å². The minimum atomic E-state index is -3.44. The predicted molar refractivity (Wildman–Crippen MR) is 106 cm³/mol. The van der Waals surface area contributed by atoms with Crippen LogP contribution < -0.4 is 4.90 Å². The summed E-state index contributed by atoms with van der Waals surface area (Å²) in [6.07, 6.45) is 3.61. The van der Waals surface area contributed by atoms with E-state index in [-0.39, 0.29) is 5.91 Å². The first-order chi connectivity index (χ1) is 12.5. The highest BCUT2D eigenvalue weighted by Crippen LogP contribution is 2.34. The number of rotatable bonds is 3. The second-order valence-corrected chi connectivity index (χ2v) is 11.0. The topological polar surface area (TPSA) is 57.7 Å². The Kier molecular flexibility index (Phi) is 4.94. The van der Waals surface area contributed by atoms with Gasteiger partial charge in [0, 0.05) is 25.3 Å². The van der Waals surface area contributed by atoms with Crippen molar-refractivity contribution in [1.82, 2.24) is 4.31 Å². The molecule has 0 bridgehead atoms. The van der Waals surface area contributed by atoms with Crippen molar-refractivity contribution in [3.63, 3.8) is 0 Å². The number of carbonyl (C=O) groups excluding carboxylic acids is 1. The van der Waals surface area contributed by atoms with Crippen LogP contribution in [0.1, 0.15) is 34.5 Å². The molecule has 2 aliphatic rings. The SMILES string of the molecule is O=C(c1ccc(Br)s1)N1CCc2cc(S(=O)(=O)N3CCCCC3)ccc21. The quantitative estimate of drug-likeness (QED) is 0.706. The van der Waals surface area contributed by atoms with Crippen LogP contribution in [0.2, 0.25) is 0 Å². The van der Waals surface area contributed by atoms with Gasteiger partial charge in [-0.15, -0.1) is 11.3 Å². The zero-order chi connectivity index (χ0) is 18.3. The van der Waals surface area contributed by atoms with Gasteiger partial charge in [0.15, 0.2) is 0 Å². The summed E-state index contributed by atoms with van der Waals surface area (Å²) in [7, 11) is -3.44. The first-order valence-electron chi connectivity index (χ1n) is 8.67. The second-order valence-electron chi connectivity index (χ2n) is 6.57. The molecule has 4 rings (SSSR count). The van der Waals surface area contributed by atoms with Gasteiger partial charge in [0.2, 0.25) is 10.0 Å². The Morgan fingerprint density at radius 3 is 2.50 bits per heavy atom. The third-order valence-corrected chi connectivity index (χ3v) is 8.43. The van der Waals surface area contributed by atoms with Crippen LogP contribution in [-0.4, -0.2) is 38.3 Å². The molecule has 0 aliphatic carbocycles. The molecular formula is C18H19BrN2O3S2. The molecule has 1 aromatic heterocycles. The molecule has 0 spiro atoms. The number of benzene rings is 1. The third-order valence-electron chi connectivity index (χ3n) is 4.93. The van der Waals surface area contributed by atoms with E-state index in [1.54, 1.807) is 27.4 Å². The van der Waals surface area contributed by atoms with Crippen LogP contribution in [0.4, 0.5) is 5.69 Å². The van der Waals surface area contributed by atoms with E-state index in [0.29, 0.717) is 35.8 Å². The fraction of sp³-hybridized carbons (Fsp3) is 0.389. The van der Waals surface area contributed by atoms with Crippen LogP contribution in [0.15, 0.2) is 39.0 Å². The highest BCUT2D eigenvalue weighted by Gasteiger charge is 2.30. The first-order valence-corrected chi connectivity index (χ1v) is 11.7. The fourth-order valence-corrected chi connectivity index (χ4v) is 6.47. The Morgan fingerprint density at radius 1 is 1.04 bits per heavy atom. The molecule has 2 aromatic rings. The summed E-state index contributed by atoms with van der Waals surface area (Å²) in [5.41, 5.74) is 1.74. The molecule has 2 aliphatic heterocycles. The zero-order valence-electron chi connectivity index (χ0n) is 14.2. The molecule has 8 heteroatoms. The Bertz CT molecular complexity index is 949. The molecule has 138 valence electrons. The minimum Gasteiger partial charge on any atom is -0.307 e. The second kappa shape index (κ2) is 7.07. The number of halogens is 1. The van der Waals surface area contributed by atoms with Gasteiger partial charge in [-0.25, -0.2) is 8.42 Å². The fourth-order valence-electron chi connectivity index (χ4n) is 3.57. The number of nitrogens with zero attached hydrogens (tertiary/aromatic N) is 2. The van der Waals surface area contributed by atoms with Gasteiger partial charge in [0.05, 0.1) is 13.6 Å². The maximum absolute atomic E-state index is 12.9. The first kappa shape index (κ1) is 18.2. The van der Waals surface area contributed by atoms with E-state index in [1.807, 2.05) is 12.1 Å². The summed E-state index contributed by atoms with van der Waals surface area (Å²) in [6.45, 7) is 1.77. The number of fused-ring (bicyclic) bond motifs is 1. The smallest absolute Gasteiger partial charge is 0.268 e. The van der Waals surface area contributed by atoms with E-state index in [2.05, 4.69) is 15.9 Å². The maximum Gasteiger partial charge on any atom is 0.268 e. The molecule has 1 amide bonds. The minimum absolute atomic E-state index is 0.0360. The van der Waals surface area contributed by atoms with Crippen molar-refractivity contribution in [3.05, 3.63) is 44.6 Å². The molecule has 26 heavy (non-hydrogen) atoms. The monoisotopic (exact) mass is 454 g/mol. The molecule has 5 nitrogen and oxygen atoms in total. The number of hydrogen-bond acceptors (Lipinski definition) is 4. The highest BCUT2D eigenvalue weighted by atomic mass is 79.9. The molecule has 0 unspecified atom stereocenters. The van der Waals surface area contributed by atoms with Gasteiger partial charge in [-0.05, 0) is 71.1 Å². The van der Waals surface area contributed by atoms with Gasteiger partial charge in [0.1, 0.15) is 0 Å². The number of sulfonamides is 1. The van der Waals surface area contributed by atoms with Gasteiger partial charge >= 0.3 is 0 Å². The van der Waals surface area contributed by atoms with Crippen LogP contribution in [0.25, 0.3) is 0 Å². The summed E-state index contributed by atoms with van der Waals surface area (Å²) in [4.78, 5) is 15.5. The molecule has 0 N–H and O–H groups in total. The van der Waals surface area contributed by atoms with Gasteiger partial charge in [-0.1, -0.05) is 6.42 Å². The van der Waals surface area contributed by atoms with Crippen LogP contribution in [0.3, 0.4) is 0 Å². The molecule has 0 radical (unpaired) electrons.